The molecule has 0 saturated carbocycles. The third-order valence-electron chi connectivity index (χ3n) is 7.70. The second-order valence-electron chi connectivity index (χ2n) is 10.2. The monoisotopic (exact) mass is 518 g/mol. The summed E-state index contributed by atoms with van der Waals surface area (Å²) in [6.45, 7) is 2.28. The third-order valence-corrected chi connectivity index (χ3v) is 10.1. The first-order chi connectivity index (χ1) is 18.3. The first-order valence-electron chi connectivity index (χ1n) is 13.6. The molecule has 1 nitrogen and oxygen atoms in total. The maximum absolute atomic E-state index is 6.58. The lowest BCUT2D eigenvalue weighted by Crippen LogP contribution is -1.82. The molecule has 0 spiro atoms. The number of benzene rings is 4. The van der Waals surface area contributed by atoms with Crippen molar-refractivity contribution in [3.63, 3.8) is 0 Å². The molecule has 0 saturated heterocycles. The zero-order valence-electron chi connectivity index (χ0n) is 21.2. The molecule has 3 aromatic heterocycles. The molecule has 7 aromatic rings. The largest absolute Gasteiger partial charge is 0.455 e. The van der Waals surface area contributed by atoms with Crippen LogP contribution in [-0.2, 0) is 6.42 Å². The molecule has 0 atom stereocenters. The fourth-order valence-electron chi connectivity index (χ4n) is 5.72. The van der Waals surface area contributed by atoms with E-state index in [9.17, 15) is 0 Å². The molecule has 0 radical (unpaired) electrons. The molecule has 3 heteroatoms. The first-order valence-corrected chi connectivity index (χ1v) is 15.2. The van der Waals surface area contributed by atoms with E-state index in [0.29, 0.717) is 0 Å². The molecule has 0 aliphatic rings. The van der Waals surface area contributed by atoms with Crippen LogP contribution in [0.5, 0.6) is 0 Å². The lowest BCUT2D eigenvalue weighted by atomic mass is 10.0. The van der Waals surface area contributed by atoms with Gasteiger partial charge >= 0.3 is 0 Å². The fourth-order valence-corrected chi connectivity index (χ4v) is 8.00. The highest BCUT2D eigenvalue weighted by atomic mass is 32.1. The van der Waals surface area contributed by atoms with Crippen molar-refractivity contribution in [1.29, 1.82) is 0 Å². The second kappa shape index (κ2) is 9.63. The zero-order valence-corrected chi connectivity index (χ0v) is 22.8. The van der Waals surface area contributed by atoms with Crippen LogP contribution >= 0.6 is 22.7 Å². The van der Waals surface area contributed by atoms with Crippen molar-refractivity contribution < 1.29 is 4.42 Å². The van der Waals surface area contributed by atoms with Gasteiger partial charge in [-0.15, -0.1) is 22.7 Å². The highest BCUT2D eigenvalue weighted by Crippen LogP contribution is 2.42. The van der Waals surface area contributed by atoms with Gasteiger partial charge in [-0.25, -0.2) is 0 Å². The first kappa shape index (κ1) is 23.0. The third kappa shape index (κ3) is 4.05. The van der Waals surface area contributed by atoms with E-state index in [1.54, 1.807) is 0 Å². The smallest absolute Gasteiger partial charge is 0.143 e. The summed E-state index contributed by atoms with van der Waals surface area (Å²) >= 11 is 3.81. The number of fused-ring (bicyclic) bond motifs is 9. The van der Waals surface area contributed by atoms with Gasteiger partial charge in [-0.3, -0.25) is 0 Å². The summed E-state index contributed by atoms with van der Waals surface area (Å²) in [6, 6.07) is 29.1. The SMILES string of the molecule is CCCCCCCCc1ccc(-c2ccc3c(c2)oc2c3ccc3c2ccc2c4ccccc4sc23)s1. The Balaban J connectivity index is 1.22. The van der Waals surface area contributed by atoms with E-state index in [1.165, 1.54) is 102 Å². The van der Waals surface area contributed by atoms with E-state index in [-0.39, 0.29) is 0 Å². The molecular formula is C34H30OS2. The Labute approximate surface area is 225 Å². The van der Waals surface area contributed by atoms with Crippen LogP contribution in [0.2, 0.25) is 0 Å². The normalized spacial score (nSPS) is 12.1. The lowest BCUT2D eigenvalue weighted by molar-refractivity contribution is 0.609. The van der Waals surface area contributed by atoms with Gasteiger partial charge in [-0.05, 0) is 60.9 Å². The summed E-state index contributed by atoms with van der Waals surface area (Å²) in [4.78, 5) is 2.83. The van der Waals surface area contributed by atoms with Crippen molar-refractivity contribution in [2.75, 3.05) is 0 Å². The molecule has 4 aromatic carbocycles. The van der Waals surface area contributed by atoms with Crippen molar-refractivity contribution in [3.05, 3.63) is 83.7 Å². The molecule has 0 aliphatic carbocycles. The quantitative estimate of drug-likeness (QED) is 0.182. The molecule has 7 rings (SSSR count). The number of hydrogen-bond acceptors (Lipinski definition) is 3. The summed E-state index contributed by atoms with van der Waals surface area (Å²) in [7, 11) is 0. The highest BCUT2D eigenvalue weighted by molar-refractivity contribution is 7.26. The number of unbranched alkanes of at least 4 members (excludes halogenated alkanes) is 5. The summed E-state index contributed by atoms with van der Waals surface area (Å²) < 4.78 is 9.26. The molecular weight excluding hydrogens is 489 g/mol. The highest BCUT2D eigenvalue weighted by Gasteiger charge is 2.15. The standard InChI is InChI=1S/C34H30OS2/c1-2-3-4-5-6-7-10-23-14-20-31(36-23)22-13-15-24-26-16-19-29-27(33(26)35-30(24)21-22)17-18-28-25-11-8-9-12-32(25)37-34(28)29/h8-9,11-21H,2-7,10H2,1H3. The molecule has 184 valence electrons. The van der Waals surface area contributed by atoms with Crippen molar-refractivity contribution in [3.8, 4) is 10.4 Å². The molecule has 3 heterocycles. The van der Waals surface area contributed by atoms with Gasteiger partial charge in [0.1, 0.15) is 11.2 Å². The predicted molar refractivity (Wildman–Crippen MR) is 165 cm³/mol. The van der Waals surface area contributed by atoms with Crippen LogP contribution in [0.4, 0.5) is 0 Å². The zero-order chi connectivity index (χ0) is 24.8. The molecule has 0 N–H and O–H groups in total. The van der Waals surface area contributed by atoms with E-state index < -0.39 is 0 Å². The van der Waals surface area contributed by atoms with Crippen LogP contribution in [0.3, 0.4) is 0 Å². The summed E-state index contributed by atoms with van der Waals surface area (Å²) in [6.07, 6.45) is 9.29. The Morgan fingerprint density at radius 1 is 0.622 bits per heavy atom. The summed E-state index contributed by atoms with van der Waals surface area (Å²) in [5.74, 6) is 0. The van der Waals surface area contributed by atoms with Gasteiger partial charge in [0.05, 0.1) is 0 Å². The van der Waals surface area contributed by atoms with Crippen molar-refractivity contribution in [1.82, 2.24) is 0 Å². The minimum atomic E-state index is 0.974. The Morgan fingerprint density at radius 3 is 2.24 bits per heavy atom. The van der Waals surface area contributed by atoms with Gasteiger partial charge in [-0.1, -0.05) is 75.4 Å². The van der Waals surface area contributed by atoms with Crippen LogP contribution in [0.1, 0.15) is 50.3 Å². The Hall–Kier alpha value is -3.14. The van der Waals surface area contributed by atoms with Crippen molar-refractivity contribution >= 4 is 75.6 Å². The Kier molecular flexibility index (Phi) is 5.99. The maximum Gasteiger partial charge on any atom is 0.143 e. The van der Waals surface area contributed by atoms with Gasteiger partial charge in [-0.2, -0.15) is 0 Å². The molecule has 0 fully saturated rings. The topological polar surface area (TPSA) is 13.1 Å². The maximum atomic E-state index is 6.58. The lowest BCUT2D eigenvalue weighted by Gasteiger charge is -2.01. The molecule has 0 bridgehead atoms. The second-order valence-corrected chi connectivity index (χ2v) is 12.4. The van der Waals surface area contributed by atoms with Gasteiger partial charge in [0.15, 0.2) is 0 Å². The average Bonchev–Trinajstić information content (AvgIpc) is 3.65. The van der Waals surface area contributed by atoms with E-state index in [0.717, 1.165) is 11.2 Å². The van der Waals surface area contributed by atoms with E-state index in [4.69, 9.17) is 4.42 Å². The average molecular weight is 519 g/mol. The van der Waals surface area contributed by atoms with Gasteiger partial charge < -0.3 is 4.42 Å². The Morgan fingerprint density at radius 2 is 1.35 bits per heavy atom. The van der Waals surface area contributed by atoms with Crippen molar-refractivity contribution in [2.24, 2.45) is 0 Å². The number of hydrogen-bond donors (Lipinski definition) is 0. The number of aryl methyl sites for hydroxylation is 1. The summed E-state index contributed by atoms with van der Waals surface area (Å²) in [5.41, 5.74) is 3.23. The van der Waals surface area contributed by atoms with E-state index in [1.807, 2.05) is 22.7 Å². The number of furan rings is 1. The van der Waals surface area contributed by atoms with E-state index in [2.05, 4.69) is 85.8 Å². The summed E-state index contributed by atoms with van der Waals surface area (Å²) in [5, 5.41) is 7.55. The number of rotatable bonds is 8. The van der Waals surface area contributed by atoms with Crippen molar-refractivity contribution in [2.45, 2.75) is 51.9 Å². The molecule has 37 heavy (non-hydrogen) atoms. The van der Waals surface area contributed by atoms with Gasteiger partial charge in [0.2, 0.25) is 0 Å². The minimum absolute atomic E-state index is 0.974. The molecule has 0 amide bonds. The Bertz CT molecular complexity index is 1880. The van der Waals surface area contributed by atoms with Crippen LogP contribution < -0.4 is 0 Å². The predicted octanol–water partition coefficient (Wildman–Crippen LogP) is 11.7. The van der Waals surface area contributed by atoms with Crippen LogP contribution in [0, 0.1) is 0 Å². The van der Waals surface area contributed by atoms with Gasteiger partial charge in [0.25, 0.3) is 0 Å². The molecule has 0 aliphatic heterocycles. The van der Waals surface area contributed by atoms with Crippen LogP contribution in [0.15, 0.2) is 83.3 Å². The van der Waals surface area contributed by atoms with E-state index >= 15 is 0 Å². The van der Waals surface area contributed by atoms with Crippen LogP contribution in [0.25, 0.3) is 63.3 Å². The minimum Gasteiger partial charge on any atom is -0.455 e. The molecule has 0 unspecified atom stereocenters. The fraction of sp³-hybridized carbons (Fsp3) is 0.235. The van der Waals surface area contributed by atoms with Crippen LogP contribution in [-0.4, -0.2) is 0 Å². The van der Waals surface area contributed by atoms with Gasteiger partial charge in [0, 0.05) is 51.5 Å². The number of thiophene rings is 2.